The van der Waals surface area contributed by atoms with E-state index in [1.807, 2.05) is 6.92 Å². The lowest BCUT2D eigenvalue weighted by atomic mass is 10.2. The van der Waals surface area contributed by atoms with Crippen LogP contribution in [0.1, 0.15) is 11.3 Å². The van der Waals surface area contributed by atoms with Crippen molar-refractivity contribution in [1.29, 1.82) is 0 Å². The maximum absolute atomic E-state index is 13.3. The van der Waals surface area contributed by atoms with Crippen molar-refractivity contribution >= 4 is 17.8 Å². The van der Waals surface area contributed by atoms with E-state index in [2.05, 4.69) is 10.4 Å². The number of hydrogen-bond acceptors (Lipinski definition) is 2. The number of anilines is 1. The quantitative estimate of drug-likeness (QED) is 0.861. The van der Waals surface area contributed by atoms with Crippen molar-refractivity contribution in [2.24, 2.45) is 7.05 Å². The van der Waals surface area contributed by atoms with Gasteiger partial charge >= 0.3 is 0 Å². The van der Waals surface area contributed by atoms with Crippen molar-refractivity contribution in [2.75, 3.05) is 5.32 Å². The highest BCUT2D eigenvalue weighted by atomic mass is 19.1. The molecule has 0 atom stereocenters. The van der Waals surface area contributed by atoms with E-state index in [1.54, 1.807) is 36.0 Å². The molecule has 0 saturated carbocycles. The number of aromatic nitrogens is 2. The molecule has 0 aliphatic carbocycles. The lowest BCUT2D eigenvalue weighted by Crippen LogP contribution is -2.11. The minimum Gasteiger partial charge on any atom is -0.307 e. The van der Waals surface area contributed by atoms with E-state index in [4.69, 9.17) is 0 Å². The molecule has 19 heavy (non-hydrogen) atoms. The van der Waals surface area contributed by atoms with Crippen LogP contribution in [0.5, 0.6) is 0 Å². The molecular weight excluding hydrogens is 245 g/mol. The number of benzene rings is 1. The summed E-state index contributed by atoms with van der Waals surface area (Å²) in [4.78, 5) is 11.7. The number of nitrogens with zero attached hydrogens (tertiary/aromatic N) is 2. The van der Waals surface area contributed by atoms with Crippen LogP contribution in [0.4, 0.5) is 10.2 Å². The van der Waals surface area contributed by atoms with Gasteiger partial charge in [-0.2, -0.15) is 5.10 Å². The van der Waals surface area contributed by atoms with Gasteiger partial charge in [-0.25, -0.2) is 4.39 Å². The maximum atomic E-state index is 13.3. The Balaban J connectivity index is 2.06. The van der Waals surface area contributed by atoms with Gasteiger partial charge in [0.25, 0.3) is 0 Å². The molecule has 4 nitrogen and oxygen atoms in total. The first kappa shape index (κ1) is 13.0. The molecule has 98 valence electrons. The van der Waals surface area contributed by atoms with Crippen LogP contribution in [0.2, 0.25) is 0 Å². The Hall–Kier alpha value is -2.43. The normalized spacial score (nSPS) is 10.9. The van der Waals surface area contributed by atoms with Gasteiger partial charge in [0.1, 0.15) is 11.6 Å². The molecular formula is C14H14FN3O. The molecule has 0 aliphatic heterocycles. The predicted octanol–water partition coefficient (Wildman–Crippen LogP) is 2.52. The molecule has 1 amide bonds. The summed E-state index contributed by atoms with van der Waals surface area (Å²) in [5.41, 5.74) is 1.19. The van der Waals surface area contributed by atoms with Gasteiger partial charge in [-0.05, 0) is 19.1 Å². The van der Waals surface area contributed by atoms with Crippen LogP contribution in [0.15, 0.2) is 36.4 Å². The number of nitrogens with one attached hydrogen (secondary N) is 1. The number of carbonyl (C=O) groups excluding carboxylic acids is 1. The maximum Gasteiger partial charge on any atom is 0.249 e. The first-order valence-corrected chi connectivity index (χ1v) is 5.80. The zero-order valence-corrected chi connectivity index (χ0v) is 10.7. The van der Waals surface area contributed by atoms with E-state index in [0.29, 0.717) is 11.4 Å². The highest BCUT2D eigenvalue weighted by molar-refractivity contribution is 6.01. The third-order valence-electron chi connectivity index (χ3n) is 2.57. The van der Waals surface area contributed by atoms with Crippen LogP contribution >= 0.6 is 0 Å². The second kappa shape index (κ2) is 5.48. The average molecular weight is 259 g/mol. The second-order valence-corrected chi connectivity index (χ2v) is 4.14. The van der Waals surface area contributed by atoms with E-state index < -0.39 is 0 Å². The summed E-state index contributed by atoms with van der Waals surface area (Å²) in [6.07, 6.45) is 2.73. The standard InChI is InChI=1S/C14H14FN3O/c1-10-9-13(18(2)17-10)16-14(19)8-7-11-5-3-4-6-12(11)15/h3-9H,1-2H3,(H,16,19)/b8-7+. The van der Waals surface area contributed by atoms with Gasteiger partial charge in [-0.3, -0.25) is 9.48 Å². The fourth-order valence-electron chi connectivity index (χ4n) is 1.67. The summed E-state index contributed by atoms with van der Waals surface area (Å²) in [5.74, 6) is -0.0881. The summed E-state index contributed by atoms with van der Waals surface area (Å²) in [5, 5.41) is 6.79. The molecule has 0 spiro atoms. The lowest BCUT2D eigenvalue weighted by molar-refractivity contribution is -0.111. The van der Waals surface area contributed by atoms with Crippen LogP contribution in [-0.4, -0.2) is 15.7 Å². The van der Waals surface area contributed by atoms with Gasteiger partial charge in [-0.15, -0.1) is 0 Å². The van der Waals surface area contributed by atoms with Crippen LogP contribution in [0.3, 0.4) is 0 Å². The van der Waals surface area contributed by atoms with Crippen molar-refractivity contribution in [2.45, 2.75) is 6.92 Å². The molecule has 0 aliphatic rings. The van der Waals surface area contributed by atoms with Crippen molar-refractivity contribution < 1.29 is 9.18 Å². The van der Waals surface area contributed by atoms with E-state index in [-0.39, 0.29) is 11.7 Å². The minimum absolute atomic E-state index is 0.328. The largest absolute Gasteiger partial charge is 0.307 e. The lowest BCUT2D eigenvalue weighted by Gasteiger charge is -2.01. The fourth-order valence-corrected chi connectivity index (χ4v) is 1.67. The Morgan fingerprint density at radius 2 is 2.16 bits per heavy atom. The smallest absolute Gasteiger partial charge is 0.249 e. The second-order valence-electron chi connectivity index (χ2n) is 4.14. The van der Waals surface area contributed by atoms with Crippen LogP contribution < -0.4 is 5.32 Å². The molecule has 0 radical (unpaired) electrons. The predicted molar refractivity (Wildman–Crippen MR) is 72.0 cm³/mol. The van der Waals surface area contributed by atoms with Gasteiger partial charge in [0.15, 0.2) is 0 Å². The molecule has 1 aromatic heterocycles. The Kier molecular flexibility index (Phi) is 3.75. The average Bonchev–Trinajstić information content (AvgIpc) is 2.67. The zero-order chi connectivity index (χ0) is 13.8. The molecule has 5 heteroatoms. The number of rotatable bonds is 3. The molecule has 0 saturated heterocycles. The molecule has 0 fully saturated rings. The number of hydrogen-bond donors (Lipinski definition) is 1. The van der Waals surface area contributed by atoms with Crippen molar-refractivity contribution in [3.63, 3.8) is 0 Å². The third kappa shape index (κ3) is 3.28. The summed E-state index contributed by atoms with van der Waals surface area (Å²) < 4.78 is 14.9. The van der Waals surface area contributed by atoms with Crippen LogP contribution in [-0.2, 0) is 11.8 Å². The SMILES string of the molecule is Cc1cc(NC(=O)/C=C/c2ccccc2F)n(C)n1. The molecule has 0 bridgehead atoms. The zero-order valence-electron chi connectivity index (χ0n) is 10.7. The van der Waals surface area contributed by atoms with Crippen LogP contribution in [0, 0.1) is 12.7 Å². The van der Waals surface area contributed by atoms with Crippen molar-refractivity contribution in [3.8, 4) is 0 Å². The number of halogens is 1. The van der Waals surface area contributed by atoms with Gasteiger partial charge in [0.2, 0.25) is 5.91 Å². The van der Waals surface area contributed by atoms with Crippen molar-refractivity contribution in [3.05, 3.63) is 53.5 Å². The highest BCUT2D eigenvalue weighted by Crippen LogP contribution is 2.10. The summed E-state index contributed by atoms with van der Waals surface area (Å²) in [7, 11) is 1.74. The van der Waals surface area contributed by atoms with E-state index in [0.717, 1.165) is 5.69 Å². The van der Waals surface area contributed by atoms with Gasteiger partial charge in [-0.1, -0.05) is 18.2 Å². The Labute approximate surface area is 110 Å². The molecule has 1 N–H and O–H groups in total. The fraction of sp³-hybridized carbons (Fsp3) is 0.143. The summed E-state index contributed by atoms with van der Waals surface area (Å²) in [6.45, 7) is 1.84. The number of aryl methyl sites for hydroxylation is 2. The Morgan fingerprint density at radius 1 is 1.42 bits per heavy atom. The summed E-state index contributed by atoms with van der Waals surface area (Å²) >= 11 is 0. The van der Waals surface area contributed by atoms with E-state index in [1.165, 1.54) is 18.2 Å². The third-order valence-corrected chi connectivity index (χ3v) is 2.57. The monoisotopic (exact) mass is 259 g/mol. The summed E-state index contributed by atoms with van der Waals surface area (Å²) in [6, 6.07) is 8.03. The molecule has 1 heterocycles. The van der Waals surface area contributed by atoms with Gasteiger partial charge in [0.05, 0.1) is 5.69 Å². The van der Waals surface area contributed by atoms with Gasteiger partial charge in [0, 0.05) is 24.8 Å². The Morgan fingerprint density at radius 3 is 2.79 bits per heavy atom. The molecule has 1 aromatic carbocycles. The highest BCUT2D eigenvalue weighted by Gasteiger charge is 2.04. The van der Waals surface area contributed by atoms with E-state index >= 15 is 0 Å². The van der Waals surface area contributed by atoms with Crippen LogP contribution in [0.25, 0.3) is 6.08 Å². The van der Waals surface area contributed by atoms with Gasteiger partial charge < -0.3 is 5.32 Å². The first-order chi connectivity index (χ1) is 9.06. The Bertz CT molecular complexity index is 631. The first-order valence-electron chi connectivity index (χ1n) is 5.80. The molecule has 2 rings (SSSR count). The molecule has 2 aromatic rings. The molecule has 0 unspecified atom stereocenters. The topological polar surface area (TPSA) is 46.9 Å². The number of carbonyl (C=O) groups is 1. The van der Waals surface area contributed by atoms with E-state index in [9.17, 15) is 9.18 Å². The number of amides is 1. The minimum atomic E-state index is -0.358. The van der Waals surface area contributed by atoms with Crippen molar-refractivity contribution in [1.82, 2.24) is 9.78 Å².